The SMILES string of the molecule is Cc1cc(NC(=O)[C@@H](C)Sc2nn(-c3ccc(F)cc3)c(=S)s2)no1. The molecule has 1 atom stereocenters. The van der Waals surface area contributed by atoms with Crippen molar-refractivity contribution in [1.82, 2.24) is 14.9 Å². The van der Waals surface area contributed by atoms with Crippen molar-refractivity contribution in [2.75, 3.05) is 5.32 Å². The molecule has 0 spiro atoms. The highest BCUT2D eigenvalue weighted by Crippen LogP contribution is 2.28. The maximum atomic E-state index is 13.0. The fraction of sp³-hybridized carbons (Fsp3) is 0.200. The van der Waals surface area contributed by atoms with Crippen molar-refractivity contribution in [3.05, 3.63) is 45.9 Å². The summed E-state index contributed by atoms with van der Waals surface area (Å²) in [6.45, 7) is 3.51. The number of halogens is 1. The number of aryl methyl sites for hydroxylation is 1. The number of aromatic nitrogens is 3. The molecule has 0 radical (unpaired) electrons. The van der Waals surface area contributed by atoms with Crippen LogP contribution >= 0.6 is 35.3 Å². The van der Waals surface area contributed by atoms with Gasteiger partial charge in [0.1, 0.15) is 11.6 Å². The molecule has 2 aromatic heterocycles. The molecule has 130 valence electrons. The monoisotopic (exact) mass is 396 g/mol. The maximum Gasteiger partial charge on any atom is 0.238 e. The Labute approximate surface area is 156 Å². The number of nitrogens with one attached hydrogen (secondary N) is 1. The zero-order valence-electron chi connectivity index (χ0n) is 13.2. The summed E-state index contributed by atoms with van der Waals surface area (Å²) >= 11 is 7.88. The van der Waals surface area contributed by atoms with Gasteiger partial charge in [-0.25, -0.2) is 9.07 Å². The second-order valence-corrected chi connectivity index (χ2v) is 8.30. The summed E-state index contributed by atoms with van der Waals surface area (Å²) in [5.41, 5.74) is 0.671. The van der Waals surface area contributed by atoms with Crippen molar-refractivity contribution in [2.45, 2.75) is 23.4 Å². The molecule has 0 aliphatic rings. The molecule has 3 aromatic rings. The Kier molecular flexibility index (Phi) is 5.30. The summed E-state index contributed by atoms with van der Waals surface area (Å²) in [7, 11) is 0. The van der Waals surface area contributed by atoms with Gasteiger partial charge in [0.25, 0.3) is 0 Å². The van der Waals surface area contributed by atoms with E-state index < -0.39 is 5.25 Å². The van der Waals surface area contributed by atoms with Gasteiger partial charge < -0.3 is 9.84 Å². The first kappa shape index (κ1) is 17.8. The van der Waals surface area contributed by atoms with E-state index in [0.717, 1.165) is 0 Å². The molecule has 25 heavy (non-hydrogen) atoms. The predicted molar refractivity (Wildman–Crippen MR) is 97.4 cm³/mol. The van der Waals surface area contributed by atoms with Crippen LogP contribution in [0.2, 0.25) is 0 Å². The number of nitrogens with zero attached hydrogens (tertiary/aromatic N) is 3. The van der Waals surface area contributed by atoms with Gasteiger partial charge in [-0.05, 0) is 50.3 Å². The van der Waals surface area contributed by atoms with E-state index in [-0.39, 0.29) is 11.7 Å². The molecule has 10 heteroatoms. The minimum Gasteiger partial charge on any atom is -0.360 e. The fourth-order valence-corrected chi connectivity index (χ4v) is 4.42. The van der Waals surface area contributed by atoms with E-state index in [1.807, 2.05) is 0 Å². The average molecular weight is 396 g/mol. The van der Waals surface area contributed by atoms with Gasteiger partial charge in [-0.2, -0.15) is 0 Å². The van der Waals surface area contributed by atoms with Crippen molar-refractivity contribution < 1.29 is 13.7 Å². The van der Waals surface area contributed by atoms with Crippen LogP contribution in [0.25, 0.3) is 5.69 Å². The van der Waals surface area contributed by atoms with Crippen LogP contribution < -0.4 is 5.32 Å². The van der Waals surface area contributed by atoms with Crippen molar-refractivity contribution in [1.29, 1.82) is 0 Å². The van der Waals surface area contributed by atoms with Crippen LogP contribution in [0.5, 0.6) is 0 Å². The van der Waals surface area contributed by atoms with Gasteiger partial charge in [-0.15, -0.1) is 5.10 Å². The van der Waals surface area contributed by atoms with Crippen molar-refractivity contribution in [3.8, 4) is 5.69 Å². The van der Waals surface area contributed by atoms with Crippen LogP contribution in [0.1, 0.15) is 12.7 Å². The number of benzene rings is 1. The average Bonchev–Trinajstić information content (AvgIpc) is 3.13. The standard InChI is InChI=1S/C15H13FN4O2S3/c1-8-7-12(19-22-8)17-13(21)9(2)24-14-18-20(15(23)25-14)11-5-3-10(16)4-6-11/h3-7,9H,1-2H3,(H,17,19,21)/t9-/m1/s1. The largest absolute Gasteiger partial charge is 0.360 e. The van der Waals surface area contributed by atoms with Crippen molar-refractivity contribution in [3.63, 3.8) is 0 Å². The normalized spacial score (nSPS) is 12.1. The zero-order chi connectivity index (χ0) is 18.0. The highest BCUT2D eigenvalue weighted by Gasteiger charge is 2.18. The quantitative estimate of drug-likeness (QED) is 0.514. The number of thioether (sulfide) groups is 1. The topological polar surface area (TPSA) is 73.0 Å². The van der Waals surface area contributed by atoms with Crippen LogP contribution in [0, 0.1) is 16.7 Å². The number of hydrogen-bond acceptors (Lipinski definition) is 7. The van der Waals surface area contributed by atoms with Gasteiger partial charge in [0.2, 0.25) is 5.91 Å². The summed E-state index contributed by atoms with van der Waals surface area (Å²) in [5.74, 6) is 0.451. The van der Waals surface area contributed by atoms with E-state index in [9.17, 15) is 9.18 Å². The van der Waals surface area contributed by atoms with E-state index in [4.69, 9.17) is 16.7 Å². The lowest BCUT2D eigenvalue weighted by atomic mass is 10.3. The fourth-order valence-electron chi connectivity index (χ4n) is 1.91. The molecule has 6 nitrogen and oxygen atoms in total. The highest BCUT2D eigenvalue weighted by molar-refractivity contribution is 8.02. The van der Waals surface area contributed by atoms with Gasteiger partial charge in [-0.3, -0.25) is 4.79 Å². The molecule has 0 unspecified atom stereocenters. The van der Waals surface area contributed by atoms with Gasteiger partial charge >= 0.3 is 0 Å². The summed E-state index contributed by atoms with van der Waals surface area (Å²) in [5, 5.41) is 10.4. The lowest BCUT2D eigenvalue weighted by Crippen LogP contribution is -2.22. The Morgan fingerprint density at radius 3 is 2.80 bits per heavy atom. The first-order valence-corrected chi connectivity index (χ1v) is 9.30. The third-order valence-electron chi connectivity index (χ3n) is 3.13. The predicted octanol–water partition coefficient (Wildman–Crippen LogP) is 4.22. The second kappa shape index (κ2) is 7.46. The van der Waals surface area contributed by atoms with Crippen LogP contribution in [0.3, 0.4) is 0 Å². The Bertz CT molecular complexity index is 948. The van der Waals surface area contributed by atoms with Gasteiger partial charge in [-0.1, -0.05) is 28.3 Å². The second-order valence-electron chi connectivity index (χ2n) is 5.09. The Hall–Kier alpha value is -2.04. The number of carbonyl (C=O) groups excluding carboxylic acids is 1. The molecule has 3 rings (SSSR count). The minimum atomic E-state index is -0.403. The van der Waals surface area contributed by atoms with Gasteiger partial charge in [0, 0.05) is 6.07 Å². The molecule has 0 saturated carbocycles. The third-order valence-corrected chi connectivity index (χ3v) is 5.54. The molecule has 2 heterocycles. The number of amides is 1. The number of anilines is 1. The van der Waals surface area contributed by atoms with Crippen LogP contribution in [0.15, 0.2) is 39.2 Å². The lowest BCUT2D eigenvalue weighted by molar-refractivity contribution is -0.115. The summed E-state index contributed by atoms with van der Waals surface area (Å²) in [6.07, 6.45) is 0. The minimum absolute atomic E-state index is 0.215. The van der Waals surface area contributed by atoms with Gasteiger partial charge in [0.15, 0.2) is 14.1 Å². The van der Waals surface area contributed by atoms with Crippen LogP contribution in [-0.4, -0.2) is 26.1 Å². The summed E-state index contributed by atoms with van der Waals surface area (Å²) in [4.78, 5) is 12.2. The van der Waals surface area contributed by atoms with E-state index in [2.05, 4.69) is 15.6 Å². The molecule has 0 saturated heterocycles. The molecule has 0 aliphatic carbocycles. The maximum absolute atomic E-state index is 13.0. The molecule has 1 aromatic carbocycles. The van der Waals surface area contributed by atoms with E-state index in [0.29, 0.717) is 25.6 Å². The third kappa shape index (κ3) is 4.33. The van der Waals surface area contributed by atoms with Crippen molar-refractivity contribution in [2.24, 2.45) is 0 Å². The summed E-state index contributed by atoms with van der Waals surface area (Å²) in [6, 6.07) is 7.53. The molecule has 0 fully saturated rings. The first-order chi connectivity index (χ1) is 11.9. The Balaban J connectivity index is 1.70. The Morgan fingerprint density at radius 2 is 2.16 bits per heavy atom. The van der Waals surface area contributed by atoms with Gasteiger partial charge in [0.05, 0.1) is 10.9 Å². The molecular weight excluding hydrogens is 383 g/mol. The lowest BCUT2D eigenvalue weighted by Gasteiger charge is -2.07. The zero-order valence-corrected chi connectivity index (χ0v) is 15.7. The highest BCUT2D eigenvalue weighted by atomic mass is 32.2. The first-order valence-electron chi connectivity index (χ1n) is 7.19. The number of carbonyl (C=O) groups is 1. The van der Waals surface area contributed by atoms with E-state index in [1.54, 1.807) is 36.7 Å². The molecule has 1 N–H and O–H groups in total. The smallest absolute Gasteiger partial charge is 0.238 e. The molecule has 1 amide bonds. The number of rotatable bonds is 5. The Morgan fingerprint density at radius 1 is 1.44 bits per heavy atom. The molecule has 0 bridgehead atoms. The molecular formula is C15H13FN4O2S3. The van der Waals surface area contributed by atoms with E-state index in [1.165, 1.54) is 35.2 Å². The van der Waals surface area contributed by atoms with Crippen LogP contribution in [-0.2, 0) is 4.79 Å². The van der Waals surface area contributed by atoms with E-state index >= 15 is 0 Å². The number of hydrogen-bond donors (Lipinski definition) is 1. The molecule has 0 aliphatic heterocycles. The van der Waals surface area contributed by atoms with Crippen molar-refractivity contribution >= 4 is 47.0 Å². The van der Waals surface area contributed by atoms with Crippen LogP contribution in [0.4, 0.5) is 10.2 Å². The summed E-state index contributed by atoms with van der Waals surface area (Å²) < 4.78 is 20.7.